The van der Waals surface area contributed by atoms with E-state index in [1.165, 1.54) is 32.4 Å². The number of methoxy groups -OCH3 is 2. The number of fused-ring (bicyclic) bond motifs is 1. The Balaban J connectivity index is 1.74. The van der Waals surface area contributed by atoms with Gasteiger partial charge in [-0.3, -0.25) is 0 Å². The van der Waals surface area contributed by atoms with Crippen LogP contribution in [0.5, 0.6) is 17.2 Å². The number of carbonyl (C=O) groups is 2. The zero-order valence-electron chi connectivity index (χ0n) is 13.6. The summed E-state index contributed by atoms with van der Waals surface area (Å²) >= 11 is 5.95. The number of carbonyl (C=O) groups excluding carboxylic acids is 2. The van der Waals surface area contributed by atoms with Crippen molar-refractivity contribution in [3.8, 4) is 17.2 Å². The number of esters is 2. The minimum Gasteiger partial charge on any atom is -0.493 e. The van der Waals surface area contributed by atoms with E-state index in [4.69, 9.17) is 25.8 Å². The SMILES string of the molecule is COC(=O)c1ccc(OC(=O)C2Cc3cc(Cl)ccc3O2)c(OC)c1. The van der Waals surface area contributed by atoms with Gasteiger partial charge in [-0.2, -0.15) is 0 Å². The molecule has 1 aliphatic rings. The summed E-state index contributed by atoms with van der Waals surface area (Å²) in [6.07, 6.45) is -0.393. The summed E-state index contributed by atoms with van der Waals surface area (Å²) in [5.74, 6) is -0.0222. The summed E-state index contributed by atoms with van der Waals surface area (Å²) < 4.78 is 20.8. The van der Waals surface area contributed by atoms with Gasteiger partial charge in [-0.05, 0) is 42.0 Å². The summed E-state index contributed by atoms with van der Waals surface area (Å²) in [5.41, 5.74) is 1.14. The van der Waals surface area contributed by atoms with E-state index in [0.29, 0.717) is 22.8 Å². The molecule has 3 rings (SSSR count). The van der Waals surface area contributed by atoms with Crippen molar-refractivity contribution in [1.82, 2.24) is 0 Å². The molecule has 0 fully saturated rings. The molecule has 7 heteroatoms. The van der Waals surface area contributed by atoms with Gasteiger partial charge in [0.15, 0.2) is 17.6 Å². The first-order valence-electron chi connectivity index (χ1n) is 7.45. The van der Waals surface area contributed by atoms with Crippen LogP contribution in [-0.2, 0) is 16.0 Å². The van der Waals surface area contributed by atoms with Crippen molar-refractivity contribution in [1.29, 1.82) is 0 Å². The highest BCUT2D eigenvalue weighted by atomic mass is 35.5. The smallest absolute Gasteiger partial charge is 0.353 e. The van der Waals surface area contributed by atoms with Gasteiger partial charge in [0.1, 0.15) is 5.75 Å². The Bertz CT molecular complexity index is 832. The quantitative estimate of drug-likeness (QED) is 0.615. The average Bonchev–Trinajstić information content (AvgIpc) is 3.04. The van der Waals surface area contributed by atoms with Crippen LogP contribution in [0.25, 0.3) is 0 Å². The molecule has 1 unspecified atom stereocenters. The molecule has 130 valence electrons. The minimum atomic E-state index is -0.765. The maximum absolute atomic E-state index is 12.4. The van der Waals surface area contributed by atoms with Crippen molar-refractivity contribution >= 4 is 23.5 Å². The van der Waals surface area contributed by atoms with E-state index in [1.807, 2.05) is 0 Å². The monoisotopic (exact) mass is 362 g/mol. The zero-order valence-corrected chi connectivity index (χ0v) is 14.3. The van der Waals surface area contributed by atoms with E-state index < -0.39 is 18.0 Å². The Morgan fingerprint density at radius 3 is 2.64 bits per heavy atom. The molecule has 0 radical (unpaired) electrons. The Hall–Kier alpha value is -2.73. The molecule has 25 heavy (non-hydrogen) atoms. The van der Waals surface area contributed by atoms with Crippen molar-refractivity contribution in [2.75, 3.05) is 14.2 Å². The normalized spacial score (nSPS) is 15.1. The molecule has 1 atom stereocenters. The fourth-order valence-electron chi connectivity index (χ4n) is 2.52. The number of hydrogen-bond donors (Lipinski definition) is 0. The molecule has 0 bridgehead atoms. The van der Waals surface area contributed by atoms with Crippen molar-refractivity contribution in [2.24, 2.45) is 0 Å². The van der Waals surface area contributed by atoms with Gasteiger partial charge in [-0.1, -0.05) is 11.6 Å². The van der Waals surface area contributed by atoms with Crippen LogP contribution in [0.1, 0.15) is 15.9 Å². The first-order chi connectivity index (χ1) is 12.0. The lowest BCUT2D eigenvalue weighted by Crippen LogP contribution is -2.29. The van der Waals surface area contributed by atoms with Crippen molar-refractivity contribution < 1.29 is 28.5 Å². The molecule has 0 N–H and O–H groups in total. The highest BCUT2D eigenvalue weighted by molar-refractivity contribution is 6.30. The molecule has 6 nitrogen and oxygen atoms in total. The maximum Gasteiger partial charge on any atom is 0.353 e. The van der Waals surface area contributed by atoms with Gasteiger partial charge >= 0.3 is 11.9 Å². The van der Waals surface area contributed by atoms with Crippen LogP contribution < -0.4 is 14.2 Å². The van der Waals surface area contributed by atoms with E-state index in [9.17, 15) is 9.59 Å². The molecule has 1 heterocycles. The van der Waals surface area contributed by atoms with Crippen molar-refractivity contribution in [3.05, 3.63) is 52.5 Å². The zero-order chi connectivity index (χ0) is 18.0. The van der Waals surface area contributed by atoms with Gasteiger partial charge in [0.25, 0.3) is 0 Å². The van der Waals surface area contributed by atoms with E-state index in [0.717, 1.165) is 5.56 Å². The summed E-state index contributed by atoms with van der Waals surface area (Å²) in [7, 11) is 2.70. The highest BCUT2D eigenvalue weighted by Crippen LogP contribution is 2.33. The van der Waals surface area contributed by atoms with Crippen molar-refractivity contribution in [3.63, 3.8) is 0 Å². The van der Waals surface area contributed by atoms with Gasteiger partial charge < -0.3 is 18.9 Å². The Labute approximate surface area is 149 Å². The van der Waals surface area contributed by atoms with Crippen LogP contribution in [0.3, 0.4) is 0 Å². The molecule has 0 saturated carbocycles. The molecule has 1 aliphatic heterocycles. The number of rotatable bonds is 4. The number of hydrogen-bond acceptors (Lipinski definition) is 6. The molecule has 0 aromatic heterocycles. The van der Waals surface area contributed by atoms with Gasteiger partial charge in [0.2, 0.25) is 0 Å². The third-order valence-electron chi connectivity index (χ3n) is 3.76. The van der Waals surface area contributed by atoms with Crippen LogP contribution in [0.4, 0.5) is 0 Å². The average molecular weight is 363 g/mol. The lowest BCUT2D eigenvalue weighted by atomic mass is 10.1. The first-order valence-corrected chi connectivity index (χ1v) is 7.82. The van der Waals surface area contributed by atoms with Gasteiger partial charge in [-0.25, -0.2) is 9.59 Å². The second kappa shape index (κ2) is 7.03. The molecular weight excluding hydrogens is 348 g/mol. The molecule has 2 aromatic rings. The summed E-state index contributed by atoms with van der Waals surface area (Å²) in [6, 6.07) is 9.58. The maximum atomic E-state index is 12.4. The second-order valence-electron chi connectivity index (χ2n) is 5.34. The van der Waals surface area contributed by atoms with Crippen LogP contribution in [0.15, 0.2) is 36.4 Å². The molecular formula is C18H15ClO6. The van der Waals surface area contributed by atoms with Crippen molar-refractivity contribution in [2.45, 2.75) is 12.5 Å². The predicted octanol–water partition coefficient (Wildman–Crippen LogP) is 3.04. The first kappa shape index (κ1) is 17.1. The van der Waals surface area contributed by atoms with E-state index in [2.05, 4.69) is 4.74 Å². The van der Waals surface area contributed by atoms with Gasteiger partial charge in [0.05, 0.1) is 19.8 Å². The van der Waals surface area contributed by atoms with Crippen LogP contribution in [-0.4, -0.2) is 32.3 Å². The van der Waals surface area contributed by atoms with Gasteiger partial charge in [-0.15, -0.1) is 0 Å². The number of ether oxygens (including phenoxy) is 4. The minimum absolute atomic E-state index is 0.192. The molecule has 2 aromatic carbocycles. The van der Waals surface area contributed by atoms with E-state index >= 15 is 0 Å². The Kier molecular flexibility index (Phi) is 4.81. The van der Waals surface area contributed by atoms with E-state index in [1.54, 1.807) is 18.2 Å². The molecule has 0 spiro atoms. The largest absolute Gasteiger partial charge is 0.493 e. The Morgan fingerprint density at radius 2 is 1.92 bits per heavy atom. The van der Waals surface area contributed by atoms with Gasteiger partial charge in [0, 0.05) is 11.4 Å². The molecule has 0 saturated heterocycles. The topological polar surface area (TPSA) is 71.1 Å². The fraction of sp³-hybridized carbons (Fsp3) is 0.222. The molecule has 0 amide bonds. The van der Waals surface area contributed by atoms with Crippen LogP contribution >= 0.6 is 11.6 Å². The summed E-state index contributed by atoms with van der Waals surface area (Å²) in [4.78, 5) is 23.9. The summed E-state index contributed by atoms with van der Waals surface area (Å²) in [6.45, 7) is 0. The third-order valence-corrected chi connectivity index (χ3v) is 3.99. The number of benzene rings is 2. The highest BCUT2D eigenvalue weighted by Gasteiger charge is 2.31. The third kappa shape index (κ3) is 3.53. The molecule has 0 aliphatic carbocycles. The van der Waals surface area contributed by atoms with Crippen LogP contribution in [0, 0.1) is 0 Å². The summed E-state index contributed by atoms with van der Waals surface area (Å²) in [5, 5.41) is 0.580. The predicted molar refractivity (Wildman–Crippen MR) is 89.5 cm³/mol. The number of halogens is 1. The van der Waals surface area contributed by atoms with Crippen LogP contribution in [0.2, 0.25) is 5.02 Å². The van der Waals surface area contributed by atoms with E-state index in [-0.39, 0.29) is 11.5 Å². The second-order valence-corrected chi connectivity index (χ2v) is 5.78. The lowest BCUT2D eigenvalue weighted by molar-refractivity contribution is -0.141. The lowest BCUT2D eigenvalue weighted by Gasteiger charge is -2.13. The standard InChI is InChI=1S/C18H15ClO6/c1-22-15-8-10(17(20)23-2)3-5-14(15)25-18(21)16-9-11-7-12(19)4-6-13(11)24-16/h3-8,16H,9H2,1-2H3. The fourth-order valence-corrected chi connectivity index (χ4v) is 2.71. The Morgan fingerprint density at radius 1 is 1.12 bits per heavy atom.